The molecule has 7 heteroatoms. The van der Waals surface area contributed by atoms with Crippen molar-refractivity contribution in [2.45, 2.75) is 32.2 Å². The molecular formula is C17H22N4O3. The number of urea groups is 1. The molecule has 1 saturated heterocycles. The van der Waals surface area contributed by atoms with Gasteiger partial charge in [0.05, 0.1) is 5.92 Å². The number of nitrogens with one attached hydrogen (secondary N) is 2. The zero-order valence-electron chi connectivity index (χ0n) is 13.7. The van der Waals surface area contributed by atoms with Crippen LogP contribution in [0.25, 0.3) is 0 Å². The molecule has 7 nitrogen and oxygen atoms in total. The highest BCUT2D eigenvalue weighted by molar-refractivity contribution is 5.99. The van der Waals surface area contributed by atoms with Gasteiger partial charge < -0.3 is 16.4 Å². The van der Waals surface area contributed by atoms with Gasteiger partial charge in [-0.05, 0) is 37.5 Å². The van der Waals surface area contributed by atoms with Gasteiger partial charge in [-0.3, -0.25) is 14.5 Å². The van der Waals surface area contributed by atoms with E-state index in [2.05, 4.69) is 10.6 Å². The van der Waals surface area contributed by atoms with Crippen molar-refractivity contribution < 1.29 is 14.4 Å². The summed E-state index contributed by atoms with van der Waals surface area (Å²) >= 11 is 0. The van der Waals surface area contributed by atoms with Gasteiger partial charge in [0.1, 0.15) is 0 Å². The molecule has 0 unspecified atom stereocenters. The number of rotatable bonds is 4. The third kappa shape index (κ3) is 3.06. The number of primary amides is 1. The third-order valence-electron chi connectivity index (χ3n) is 4.82. The Balaban J connectivity index is 1.78. The molecule has 2 aliphatic rings. The molecule has 4 N–H and O–H groups in total. The monoisotopic (exact) mass is 330 g/mol. The van der Waals surface area contributed by atoms with Gasteiger partial charge in [-0.2, -0.15) is 0 Å². The van der Waals surface area contributed by atoms with E-state index in [4.69, 9.17) is 5.73 Å². The van der Waals surface area contributed by atoms with Crippen molar-refractivity contribution in [1.29, 1.82) is 0 Å². The van der Waals surface area contributed by atoms with E-state index in [9.17, 15) is 14.4 Å². The largest absolute Gasteiger partial charge is 0.369 e. The molecule has 128 valence electrons. The highest BCUT2D eigenvalue weighted by Gasteiger charge is 2.33. The fraction of sp³-hybridized carbons (Fsp3) is 0.471. The Labute approximate surface area is 140 Å². The fourth-order valence-electron chi connectivity index (χ4n) is 3.47. The van der Waals surface area contributed by atoms with Crippen molar-refractivity contribution in [2.75, 3.05) is 18.0 Å². The molecular weight excluding hydrogens is 308 g/mol. The summed E-state index contributed by atoms with van der Waals surface area (Å²) in [4.78, 5) is 37.5. The topological polar surface area (TPSA) is 105 Å². The van der Waals surface area contributed by atoms with Crippen molar-refractivity contribution in [3.8, 4) is 0 Å². The second-order valence-corrected chi connectivity index (χ2v) is 6.40. The second-order valence-electron chi connectivity index (χ2n) is 6.40. The van der Waals surface area contributed by atoms with Crippen LogP contribution in [0.1, 0.15) is 35.2 Å². The van der Waals surface area contributed by atoms with Crippen LogP contribution in [-0.2, 0) is 4.79 Å². The lowest BCUT2D eigenvalue weighted by Crippen LogP contribution is -2.42. The number of hydrogen-bond donors (Lipinski definition) is 3. The Morgan fingerprint density at radius 2 is 2.12 bits per heavy atom. The molecule has 1 aromatic rings. The zero-order chi connectivity index (χ0) is 17.3. The minimum absolute atomic E-state index is 0.153. The summed E-state index contributed by atoms with van der Waals surface area (Å²) < 4.78 is 0. The molecule has 4 amide bonds. The predicted molar refractivity (Wildman–Crippen MR) is 89.7 cm³/mol. The van der Waals surface area contributed by atoms with Crippen molar-refractivity contribution in [2.24, 2.45) is 11.7 Å². The minimum Gasteiger partial charge on any atom is -0.369 e. The normalized spacial score (nSPS) is 23.2. The lowest BCUT2D eigenvalue weighted by molar-refractivity contribution is -0.122. The van der Waals surface area contributed by atoms with Crippen molar-refractivity contribution in [3.05, 3.63) is 29.3 Å². The standard InChI is InChI=1S/C17H22N4O3/c1-10-5-6-11(9-14(10)21-8-7-19-17(21)24)16(23)20-13-4-2-3-12(13)15(18)22/h5-6,9,12-13H,2-4,7-8H2,1H3,(H2,18,22)(H,19,24)(H,20,23)/t12-,13+/m1/s1. The number of benzene rings is 1. The van der Waals surface area contributed by atoms with Crippen LogP contribution in [0.15, 0.2) is 18.2 Å². The van der Waals surface area contributed by atoms with Crippen molar-refractivity contribution in [3.63, 3.8) is 0 Å². The van der Waals surface area contributed by atoms with Gasteiger partial charge in [-0.15, -0.1) is 0 Å². The van der Waals surface area contributed by atoms with E-state index in [0.717, 1.165) is 24.1 Å². The van der Waals surface area contributed by atoms with Gasteiger partial charge in [0.15, 0.2) is 0 Å². The van der Waals surface area contributed by atoms with Crippen LogP contribution < -0.4 is 21.3 Å². The summed E-state index contributed by atoms with van der Waals surface area (Å²) in [5.41, 5.74) is 7.54. The van der Waals surface area contributed by atoms with Crippen LogP contribution in [0.3, 0.4) is 0 Å². The van der Waals surface area contributed by atoms with E-state index >= 15 is 0 Å². The number of amides is 4. The molecule has 0 bridgehead atoms. The van der Waals surface area contributed by atoms with Crippen molar-refractivity contribution >= 4 is 23.5 Å². The van der Waals surface area contributed by atoms with Crippen LogP contribution in [-0.4, -0.2) is 37.0 Å². The van der Waals surface area contributed by atoms with Crippen LogP contribution in [0.2, 0.25) is 0 Å². The fourth-order valence-corrected chi connectivity index (χ4v) is 3.47. The van der Waals surface area contributed by atoms with Gasteiger partial charge in [-0.1, -0.05) is 12.5 Å². The van der Waals surface area contributed by atoms with Gasteiger partial charge >= 0.3 is 6.03 Å². The number of carbonyl (C=O) groups excluding carboxylic acids is 3. The van der Waals surface area contributed by atoms with E-state index in [-0.39, 0.29) is 29.8 Å². The zero-order valence-corrected chi connectivity index (χ0v) is 13.7. The van der Waals surface area contributed by atoms with E-state index < -0.39 is 0 Å². The average molecular weight is 330 g/mol. The van der Waals surface area contributed by atoms with Crippen LogP contribution >= 0.6 is 0 Å². The third-order valence-corrected chi connectivity index (χ3v) is 4.82. The summed E-state index contributed by atoms with van der Waals surface area (Å²) in [6, 6.07) is 4.92. The predicted octanol–water partition coefficient (Wildman–Crippen LogP) is 0.908. The molecule has 1 aliphatic carbocycles. The molecule has 1 heterocycles. The number of hydrogen-bond acceptors (Lipinski definition) is 3. The minimum atomic E-state index is -0.365. The molecule has 24 heavy (non-hydrogen) atoms. The Hall–Kier alpha value is -2.57. The average Bonchev–Trinajstić information content (AvgIpc) is 3.16. The van der Waals surface area contributed by atoms with Gasteiger partial charge in [0.25, 0.3) is 5.91 Å². The summed E-state index contributed by atoms with van der Waals surface area (Å²) in [6.07, 6.45) is 2.35. The van der Waals surface area contributed by atoms with E-state index in [1.807, 2.05) is 13.0 Å². The highest BCUT2D eigenvalue weighted by atomic mass is 16.2. The van der Waals surface area contributed by atoms with E-state index in [1.165, 1.54) is 0 Å². The molecule has 1 aliphatic heterocycles. The second kappa shape index (κ2) is 6.51. The maximum absolute atomic E-state index is 12.5. The quantitative estimate of drug-likeness (QED) is 0.764. The Bertz CT molecular complexity index is 688. The smallest absolute Gasteiger partial charge is 0.322 e. The first kappa shape index (κ1) is 16.3. The number of anilines is 1. The van der Waals surface area contributed by atoms with Gasteiger partial charge in [-0.25, -0.2) is 4.79 Å². The van der Waals surface area contributed by atoms with Crippen LogP contribution in [0, 0.1) is 12.8 Å². The number of nitrogens with zero attached hydrogens (tertiary/aromatic N) is 1. The van der Waals surface area contributed by atoms with Gasteiger partial charge in [0, 0.05) is 30.4 Å². The summed E-state index contributed by atoms with van der Waals surface area (Å²) in [7, 11) is 0. The summed E-state index contributed by atoms with van der Waals surface area (Å²) in [5, 5.41) is 5.67. The van der Waals surface area contributed by atoms with Crippen molar-refractivity contribution in [1.82, 2.24) is 10.6 Å². The van der Waals surface area contributed by atoms with Gasteiger partial charge in [0.2, 0.25) is 5.91 Å². The molecule has 1 aromatic carbocycles. The van der Waals surface area contributed by atoms with Crippen LogP contribution in [0.5, 0.6) is 0 Å². The summed E-state index contributed by atoms with van der Waals surface area (Å²) in [5.74, 6) is -0.909. The van der Waals surface area contributed by atoms with E-state index in [0.29, 0.717) is 25.1 Å². The molecule has 3 rings (SSSR count). The summed E-state index contributed by atoms with van der Waals surface area (Å²) in [6.45, 7) is 3.08. The molecule has 0 aromatic heterocycles. The molecule has 2 atom stereocenters. The first-order chi connectivity index (χ1) is 11.5. The highest BCUT2D eigenvalue weighted by Crippen LogP contribution is 2.27. The van der Waals surface area contributed by atoms with E-state index in [1.54, 1.807) is 17.0 Å². The first-order valence-electron chi connectivity index (χ1n) is 8.23. The number of carbonyl (C=O) groups is 3. The first-order valence-corrected chi connectivity index (χ1v) is 8.23. The lowest BCUT2D eigenvalue weighted by Gasteiger charge is -2.20. The number of aryl methyl sites for hydroxylation is 1. The molecule has 0 radical (unpaired) electrons. The SMILES string of the molecule is Cc1ccc(C(=O)N[C@H]2CCC[C@H]2C(N)=O)cc1N1CCNC1=O. The maximum Gasteiger partial charge on any atom is 0.322 e. The lowest BCUT2D eigenvalue weighted by atomic mass is 10.0. The Morgan fingerprint density at radius 3 is 2.79 bits per heavy atom. The Morgan fingerprint density at radius 1 is 1.33 bits per heavy atom. The molecule has 1 saturated carbocycles. The van der Waals surface area contributed by atoms with Crippen LogP contribution in [0.4, 0.5) is 10.5 Å². The number of nitrogens with two attached hydrogens (primary N) is 1. The maximum atomic E-state index is 12.5. The molecule has 2 fully saturated rings. The Kier molecular flexibility index (Phi) is 4.42. The molecule has 0 spiro atoms.